The molecule has 4 rings (SSSR count). The van der Waals surface area contributed by atoms with E-state index in [0.717, 1.165) is 23.3 Å². The molecule has 0 aliphatic carbocycles. The molecule has 0 saturated carbocycles. The molecule has 0 heterocycles. The standard InChI is InChI=1S/C39H48O2/c1-37(2,3)28-34(38(4,5)6)29-24-26-33(27-25-29)40-36(39(7,8)32-22-16-11-17-23-32)41-35(30-18-12-9-13-19-30)31-20-14-10-15-21-31/h9-27,34-36H,28H2,1-8H3. The van der Waals surface area contributed by atoms with E-state index in [2.05, 4.69) is 159 Å². The van der Waals surface area contributed by atoms with E-state index in [0.29, 0.717) is 5.92 Å². The Morgan fingerprint density at radius 3 is 1.44 bits per heavy atom. The van der Waals surface area contributed by atoms with Gasteiger partial charge in [-0.3, -0.25) is 0 Å². The van der Waals surface area contributed by atoms with Gasteiger partial charge in [0.1, 0.15) is 11.9 Å². The Morgan fingerprint density at radius 1 is 0.537 bits per heavy atom. The van der Waals surface area contributed by atoms with Gasteiger partial charge in [-0.2, -0.15) is 0 Å². The summed E-state index contributed by atoms with van der Waals surface area (Å²) in [6.45, 7) is 18.4. The van der Waals surface area contributed by atoms with Crippen molar-refractivity contribution in [3.63, 3.8) is 0 Å². The Morgan fingerprint density at radius 2 is 1.00 bits per heavy atom. The van der Waals surface area contributed by atoms with E-state index in [1.807, 2.05) is 12.1 Å². The molecule has 0 saturated heterocycles. The number of ether oxygens (including phenoxy) is 2. The second-order valence-corrected chi connectivity index (χ2v) is 14.1. The van der Waals surface area contributed by atoms with E-state index >= 15 is 0 Å². The molecule has 0 spiro atoms. The molecule has 41 heavy (non-hydrogen) atoms. The number of benzene rings is 4. The molecule has 0 aromatic heterocycles. The summed E-state index contributed by atoms with van der Waals surface area (Å²) in [4.78, 5) is 0. The number of hydrogen-bond donors (Lipinski definition) is 0. The Hall–Kier alpha value is -3.36. The van der Waals surface area contributed by atoms with E-state index in [1.165, 1.54) is 11.1 Å². The first kappa shape index (κ1) is 30.6. The third kappa shape index (κ3) is 8.11. The fourth-order valence-electron chi connectivity index (χ4n) is 5.52. The van der Waals surface area contributed by atoms with Crippen LogP contribution in [0, 0.1) is 10.8 Å². The zero-order valence-corrected chi connectivity index (χ0v) is 26.2. The average Bonchev–Trinajstić information content (AvgIpc) is 2.95. The van der Waals surface area contributed by atoms with Crippen molar-refractivity contribution in [2.75, 3.05) is 0 Å². The van der Waals surface area contributed by atoms with E-state index in [4.69, 9.17) is 9.47 Å². The van der Waals surface area contributed by atoms with Crippen molar-refractivity contribution in [1.82, 2.24) is 0 Å². The predicted octanol–water partition coefficient (Wildman–Crippen LogP) is 10.7. The quantitative estimate of drug-likeness (QED) is 0.184. The van der Waals surface area contributed by atoms with Crippen molar-refractivity contribution < 1.29 is 9.47 Å². The molecule has 0 N–H and O–H groups in total. The van der Waals surface area contributed by atoms with Crippen LogP contribution in [0.2, 0.25) is 0 Å². The second kappa shape index (κ2) is 12.7. The van der Waals surface area contributed by atoms with Gasteiger partial charge < -0.3 is 9.47 Å². The molecule has 0 fully saturated rings. The molecule has 0 aliphatic rings. The lowest BCUT2D eigenvalue weighted by Gasteiger charge is -2.38. The van der Waals surface area contributed by atoms with Crippen LogP contribution in [0.3, 0.4) is 0 Å². The van der Waals surface area contributed by atoms with Crippen molar-refractivity contribution in [1.29, 1.82) is 0 Å². The highest BCUT2D eigenvalue weighted by molar-refractivity contribution is 5.33. The molecule has 2 atom stereocenters. The van der Waals surface area contributed by atoms with Gasteiger partial charge in [0, 0.05) is 0 Å². The SMILES string of the molecule is CC(C)(C)CC(c1ccc(OC(OC(c2ccccc2)c2ccccc2)C(C)(C)c2ccccc2)cc1)C(C)(C)C. The lowest BCUT2D eigenvalue weighted by molar-refractivity contribution is -0.145. The molecule has 2 heteroatoms. The average molecular weight is 549 g/mol. The zero-order chi connectivity index (χ0) is 29.7. The Balaban J connectivity index is 1.70. The van der Waals surface area contributed by atoms with Crippen LogP contribution >= 0.6 is 0 Å². The highest BCUT2D eigenvalue weighted by Crippen LogP contribution is 2.44. The molecule has 0 bridgehead atoms. The number of hydrogen-bond acceptors (Lipinski definition) is 2. The summed E-state index contributed by atoms with van der Waals surface area (Å²) < 4.78 is 13.8. The van der Waals surface area contributed by atoms with Crippen LogP contribution in [0.4, 0.5) is 0 Å². The van der Waals surface area contributed by atoms with Gasteiger partial charge in [0.05, 0.1) is 5.41 Å². The van der Waals surface area contributed by atoms with Crippen LogP contribution in [0.15, 0.2) is 115 Å². The van der Waals surface area contributed by atoms with Crippen molar-refractivity contribution >= 4 is 0 Å². The third-order valence-electron chi connectivity index (χ3n) is 7.96. The fourth-order valence-corrected chi connectivity index (χ4v) is 5.52. The minimum absolute atomic E-state index is 0.162. The van der Waals surface area contributed by atoms with Crippen LogP contribution in [0.1, 0.15) is 96.1 Å². The molecule has 0 radical (unpaired) electrons. The minimum atomic E-state index is -0.547. The van der Waals surface area contributed by atoms with Gasteiger partial charge in [-0.25, -0.2) is 0 Å². The summed E-state index contributed by atoms with van der Waals surface area (Å²) >= 11 is 0. The summed E-state index contributed by atoms with van der Waals surface area (Å²) in [5, 5.41) is 0. The molecule has 0 aliphatic heterocycles. The maximum absolute atomic E-state index is 7.02. The van der Waals surface area contributed by atoms with Crippen LogP contribution < -0.4 is 4.74 Å². The molecule has 0 amide bonds. The van der Waals surface area contributed by atoms with E-state index in [-0.39, 0.29) is 16.9 Å². The lowest BCUT2D eigenvalue weighted by atomic mass is 9.69. The van der Waals surface area contributed by atoms with E-state index < -0.39 is 11.7 Å². The van der Waals surface area contributed by atoms with Gasteiger partial charge in [0.2, 0.25) is 6.29 Å². The van der Waals surface area contributed by atoms with E-state index in [1.54, 1.807) is 0 Å². The predicted molar refractivity (Wildman–Crippen MR) is 172 cm³/mol. The molecule has 2 unspecified atom stereocenters. The topological polar surface area (TPSA) is 18.5 Å². The molecule has 4 aromatic carbocycles. The second-order valence-electron chi connectivity index (χ2n) is 14.1. The zero-order valence-electron chi connectivity index (χ0n) is 26.2. The Bertz CT molecular complexity index is 1290. The van der Waals surface area contributed by atoms with Crippen LogP contribution in [0.5, 0.6) is 5.75 Å². The highest BCUT2D eigenvalue weighted by atomic mass is 16.7. The van der Waals surface area contributed by atoms with Crippen molar-refractivity contribution in [2.24, 2.45) is 10.8 Å². The number of rotatable bonds is 10. The van der Waals surface area contributed by atoms with Gasteiger partial charge in [-0.15, -0.1) is 0 Å². The largest absolute Gasteiger partial charge is 0.464 e. The van der Waals surface area contributed by atoms with Gasteiger partial charge >= 0.3 is 0 Å². The molecule has 216 valence electrons. The smallest absolute Gasteiger partial charge is 0.210 e. The maximum atomic E-state index is 7.02. The van der Waals surface area contributed by atoms with E-state index in [9.17, 15) is 0 Å². The van der Waals surface area contributed by atoms with Gasteiger partial charge in [-0.05, 0) is 71.4 Å². The molecular formula is C39H48O2. The third-order valence-corrected chi connectivity index (χ3v) is 7.96. The normalized spacial score (nSPS) is 14.1. The summed E-state index contributed by atoms with van der Waals surface area (Å²) in [6, 6.07) is 40.1. The first-order valence-electron chi connectivity index (χ1n) is 14.9. The highest BCUT2D eigenvalue weighted by Gasteiger charge is 2.37. The monoisotopic (exact) mass is 548 g/mol. The molecule has 2 nitrogen and oxygen atoms in total. The van der Waals surface area contributed by atoms with Gasteiger partial charge in [-0.1, -0.05) is 145 Å². The van der Waals surface area contributed by atoms with Gasteiger partial charge in [0.15, 0.2) is 0 Å². The summed E-state index contributed by atoms with van der Waals surface area (Å²) in [7, 11) is 0. The van der Waals surface area contributed by atoms with Crippen molar-refractivity contribution in [3.8, 4) is 5.75 Å². The maximum Gasteiger partial charge on any atom is 0.210 e. The fraction of sp³-hybridized carbons (Fsp3) is 0.385. The van der Waals surface area contributed by atoms with Crippen LogP contribution in [0.25, 0.3) is 0 Å². The lowest BCUT2D eigenvalue weighted by Crippen LogP contribution is -2.41. The van der Waals surface area contributed by atoms with Crippen LogP contribution in [-0.4, -0.2) is 6.29 Å². The molecule has 4 aromatic rings. The first-order chi connectivity index (χ1) is 19.3. The molecular weight excluding hydrogens is 500 g/mol. The van der Waals surface area contributed by atoms with Crippen molar-refractivity contribution in [2.45, 2.75) is 85.5 Å². The summed E-state index contributed by atoms with van der Waals surface area (Å²) in [5.74, 6) is 1.26. The Labute approximate surface area is 248 Å². The summed E-state index contributed by atoms with van der Waals surface area (Å²) in [5.41, 5.74) is 4.70. The minimum Gasteiger partial charge on any atom is -0.464 e. The summed E-state index contributed by atoms with van der Waals surface area (Å²) in [6.07, 6.45) is 0.301. The first-order valence-corrected chi connectivity index (χ1v) is 14.9. The Kier molecular flexibility index (Phi) is 9.44. The van der Waals surface area contributed by atoms with Crippen molar-refractivity contribution in [3.05, 3.63) is 138 Å². The van der Waals surface area contributed by atoms with Crippen LogP contribution in [-0.2, 0) is 10.2 Å². The van der Waals surface area contributed by atoms with Gasteiger partial charge in [0.25, 0.3) is 0 Å².